The molecule has 0 atom stereocenters. The van der Waals surface area contributed by atoms with Gasteiger partial charge in [0.05, 0.1) is 19.3 Å². The molecule has 114 valence electrons. The Balaban J connectivity index is 1.64. The van der Waals surface area contributed by atoms with Crippen LogP contribution in [0.5, 0.6) is 5.75 Å². The molecule has 1 N–H and O–H groups in total. The maximum Gasteiger partial charge on any atom is 0.251 e. The lowest BCUT2D eigenvalue weighted by Crippen LogP contribution is -2.23. The van der Waals surface area contributed by atoms with E-state index >= 15 is 0 Å². The number of ether oxygens (including phenoxy) is 1. The van der Waals surface area contributed by atoms with E-state index in [2.05, 4.69) is 15.3 Å². The van der Waals surface area contributed by atoms with Crippen LogP contribution in [0.25, 0.3) is 0 Å². The molecule has 0 bridgehead atoms. The van der Waals surface area contributed by atoms with Crippen LogP contribution >= 0.6 is 0 Å². The Morgan fingerprint density at radius 3 is 2.86 bits per heavy atom. The van der Waals surface area contributed by atoms with Crippen molar-refractivity contribution in [1.82, 2.24) is 15.3 Å². The molecule has 0 aliphatic heterocycles. The van der Waals surface area contributed by atoms with Crippen molar-refractivity contribution in [3.63, 3.8) is 0 Å². The number of nitrogens with zero attached hydrogens (tertiary/aromatic N) is 2. The maximum absolute atomic E-state index is 13.6. The first-order valence-electron chi connectivity index (χ1n) is 7.10. The maximum atomic E-state index is 13.6. The SMILES string of the molecule is COc1ccc(C(=O)NCc2cc(C3CC3)ncn2)cc1F. The highest BCUT2D eigenvalue weighted by Crippen LogP contribution is 2.38. The largest absolute Gasteiger partial charge is 0.494 e. The number of carbonyl (C=O) groups is 1. The van der Waals surface area contributed by atoms with E-state index in [9.17, 15) is 9.18 Å². The summed E-state index contributed by atoms with van der Waals surface area (Å²) in [4.78, 5) is 20.4. The zero-order chi connectivity index (χ0) is 15.5. The monoisotopic (exact) mass is 301 g/mol. The number of aromatic nitrogens is 2. The molecule has 0 unspecified atom stereocenters. The first-order chi connectivity index (χ1) is 10.7. The number of hydrogen-bond donors (Lipinski definition) is 1. The Morgan fingerprint density at radius 1 is 1.36 bits per heavy atom. The molecule has 1 heterocycles. The summed E-state index contributed by atoms with van der Waals surface area (Å²) < 4.78 is 18.4. The molecule has 1 amide bonds. The van der Waals surface area contributed by atoms with E-state index in [-0.39, 0.29) is 23.8 Å². The van der Waals surface area contributed by atoms with E-state index < -0.39 is 5.82 Å². The molecule has 1 aliphatic rings. The van der Waals surface area contributed by atoms with Gasteiger partial charge in [-0.25, -0.2) is 14.4 Å². The van der Waals surface area contributed by atoms with E-state index in [0.29, 0.717) is 5.92 Å². The van der Waals surface area contributed by atoms with Crippen LogP contribution in [0, 0.1) is 5.82 Å². The average Bonchev–Trinajstić information content (AvgIpc) is 3.37. The molecule has 2 aromatic rings. The average molecular weight is 301 g/mol. The molecule has 0 radical (unpaired) electrons. The van der Waals surface area contributed by atoms with Crippen molar-refractivity contribution in [2.75, 3.05) is 7.11 Å². The first kappa shape index (κ1) is 14.4. The molecular formula is C16H16FN3O2. The van der Waals surface area contributed by atoms with Crippen LogP contribution in [0.4, 0.5) is 4.39 Å². The van der Waals surface area contributed by atoms with E-state index in [4.69, 9.17) is 4.74 Å². The van der Waals surface area contributed by atoms with Crippen molar-refractivity contribution in [3.8, 4) is 5.75 Å². The molecule has 1 fully saturated rings. The molecule has 0 spiro atoms. The Labute approximate surface area is 127 Å². The third-order valence-corrected chi connectivity index (χ3v) is 3.58. The normalized spacial score (nSPS) is 13.7. The number of rotatable bonds is 5. The van der Waals surface area contributed by atoms with Crippen molar-refractivity contribution in [1.29, 1.82) is 0 Å². The van der Waals surface area contributed by atoms with E-state index in [1.54, 1.807) is 0 Å². The summed E-state index contributed by atoms with van der Waals surface area (Å²) in [5.41, 5.74) is 2.02. The minimum atomic E-state index is -0.562. The van der Waals surface area contributed by atoms with Gasteiger partial charge in [0.1, 0.15) is 6.33 Å². The second kappa shape index (κ2) is 6.09. The Hall–Kier alpha value is -2.50. The minimum Gasteiger partial charge on any atom is -0.494 e. The Morgan fingerprint density at radius 2 is 2.18 bits per heavy atom. The van der Waals surface area contributed by atoms with Gasteiger partial charge in [-0.05, 0) is 37.1 Å². The molecule has 0 saturated heterocycles. The lowest BCUT2D eigenvalue weighted by molar-refractivity contribution is 0.0950. The quantitative estimate of drug-likeness (QED) is 0.921. The fourth-order valence-electron chi connectivity index (χ4n) is 2.19. The van der Waals surface area contributed by atoms with Gasteiger partial charge in [-0.1, -0.05) is 0 Å². The fourth-order valence-corrected chi connectivity index (χ4v) is 2.19. The summed E-state index contributed by atoms with van der Waals surface area (Å²) in [6, 6.07) is 6.02. The van der Waals surface area contributed by atoms with E-state index in [0.717, 1.165) is 30.3 Å². The third kappa shape index (κ3) is 3.21. The predicted molar refractivity (Wildman–Crippen MR) is 78.1 cm³/mol. The van der Waals surface area contributed by atoms with Gasteiger partial charge in [-0.3, -0.25) is 4.79 Å². The zero-order valence-corrected chi connectivity index (χ0v) is 12.2. The summed E-state index contributed by atoms with van der Waals surface area (Å²) in [5.74, 6) is -0.268. The first-order valence-corrected chi connectivity index (χ1v) is 7.10. The molecule has 5 nitrogen and oxygen atoms in total. The van der Waals surface area contributed by atoms with E-state index in [1.807, 2.05) is 6.07 Å². The van der Waals surface area contributed by atoms with Gasteiger partial charge in [0, 0.05) is 17.2 Å². The predicted octanol–water partition coefficient (Wildman–Crippen LogP) is 2.43. The number of hydrogen-bond acceptors (Lipinski definition) is 4. The number of benzene rings is 1. The highest BCUT2D eigenvalue weighted by atomic mass is 19.1. The number of halogens is 1. The number of amides is 1. The summed E-state index contributed by atoms with van der Waals surface area (Å²) in [6.45, 7) is 0.286. The van der Waals surface area contributed by atoms with Crippen molar-refractivity contribution < 1.29 is 13.9 Å². The molecule has 6 heteroatoms. The van der Waals surface area contributed by atoms with Crippen LogP contribution in [0.3, 0.4) is 0 Å². The molecule has 3 rings (SSSR count). The Kier molecular flexibility index (Phi) is 4.00. The summed E-state index contributed by atoms with van der Waals surface area (Å²) in [6.07, 6.45) is 3.84. The van der Waals surface area contributed by atoms with E-state index in [1.165, 1.54) is 25.6 Å². The minimum absolute atomic E-state index is 0.112. The second-order valence-electron chi connectivity index (χ2n) is 5.24. The summed E-state index contributed by atoms with van der Waals surface area (Å²) in [7, 11) is 1.38. The van der Waals surface area contributed by atoms with Crippen LogP contribution in [-0.4, -0.2) is 23.0 Å². The molecule has 1 aromatic heterocycles. The Bertz CT molecular complexity index is 702. The molecular weight excluding hydrogens is 285 g/mol. The highest BCUT2D eigenvalue weighted by molar-refractivity contribution is 5.94. The van der Waals surface area contributed by atoms with Crippen LogP contribution in [0.1, 0.15) is 40.5 Å². The van der Waals surface area contributed by atoms with Gasteiger partial charge < -0.3 is 10.1 Å². The standard InChI is InChI=1S/C16H16FN3O2/c1-22-15-5-4-11(6-13(15)17)16(21)18-8-12-7-14(10-2-3-10)20-9-19-12/h4-7,9-10H,2-3,8H2,1H3,(H,18,21). The number of methoxy groups -OCH3 is 1. The van der Waals surface area contributed by atoms with Crippen molar-refractivity contribution >= 4 is 5.91 Å². The molecule has 1 saturated carbocycles. The third-order valence-electron chi connectivity index (χ3n) is 3.58. The summed E-state index contributed by atoms with van der Waals surface area (Å²) >= 11 is 0. The fraction of sp³-hybridized carbons (Fsp3) is 0.312. The second-order valence-corrected chi connectivity index (χ2v) is 5.24. The van der Waals surface area contributed by atoms with Crippen LogP contribution < -0.4 is 10.1 Å². The van der Waals surface area contributed by atoms with Gasteiger partial charge in [0.25, 0.3) is 5.91 Å². The van der Waals surface area contributed by atoms with Gasteiger partial charge >= 0.3 is 0 Å². The topological polar surface area (TPSA) is 64.1 Å². The van der Waals surface area contributed by atoms with Gasteiger partial charge in [0.2, 0.25) is 0 Å². The van der Waals surface area contributed by atoms with Gasteiger partial charge in [-0.2, -0.15) is 0 Å². The van der Waals surface area contributed by atoms with Crippen molar-refractivity contribution in [2.45, 2.75) is 25.3 Å². The number of carbonyl (C=O) groups excluding carboxylic acids is 1. The van der Waals surface area contributed by atoms with Crippen molar-refractivity contribution in [2.24, 2.45) is 0 Å². The lowest BCUT2D eigenvalue weighted by atomic mass is 10.2. The lowest BCUT2D eigenvalue weighted by Gasteiger charge is -2.07. The molecule has 22 heavy (non-hydrogen) atoms. The zero-order valence-electron chi connectivity index (χ0n) is 12.2. The highest BCUT2D eigenvalue weighted by Gasteiger charge is 2.25. The van der Waals surface area contributed by atoms with Crippen molar-refractivity contribution in [3.05, 3.63) is 53.4 Å². The smallest absolute Gasteiger partial charge is 0.251 e. The van der Waals surface area contributed by atoms with Crippen LogP contribution in [0.15, 0.2) is 30.6 Å². The summed E-state index contributed by atoms with van der Waals surface area (Å²) in [5, 5.41) is 2.73. The number of nitrogens with one attached hydrogen (secondary N) is 1. The van der Waals surface area contributed by atoms with Gasteiger partial charge in [-0.15, -0.1) is 0 Å². The van der Waals surface area contributed by atoms with Crippen LogP contribution in [-0.2, 0) is 6.54 Å². The molecule has 1 aromatic carbocycles. The van der Waals surface area contributed by atoms with Gasteiger partial charge in [0.15, 0.2) is 11.6 Å². The molecule has 1 aliphatic carbocycles. The van der Waals surface area contributed by atoms with Crippen LogP contribution in [0.2, 0.25) is 0 Å².